The van der Waals surface area contributed by atoms with Crippen LogP contribution in [0, 0.1) is 0 Å². The van der Waals surface area contributed by atoms with Crippen LogP contribution in [0.25, 0.3) is 0 Å². The quantitative estimate of drug-likeness (QED) is 0.834. The predicted molar refractivity (Wildman–Crippen MR) is 77.2 cm³/mol. The van der Waals surface area contributed by atoms with E-state index in [1.165, 1.54) is 6.92 Å². The van der Waals surface area contributed by atoms with Crippen LogP contribution in [0.4, 0.5) is 4.79 Å². The number of nitrogens with one attached hydrogen (secondary N) is 1. The summed E-state index contributed by atoms with van der Waals surface area (Å²) in [7, 11) is -3.58. The highest BCUT2D eigenvalue weighted by molar-refractivity contribution is 7.96. The molecule has 20 heavy (non-hydrogen) atoms. The van der Waals surface area contributed by atoms with E-state index in [4.69, 9.17) is 16.3 Å². The molecule has 0 rings (SSSR count). The van der Waals surface area contributed by atoms with Crippen molar-refractivity contribution in [2.24, 2.45) is 0 Å². The number of rotatable bonds is 5. The van der Waals surface area contributed by atoms with Gasteiger partial charge in [-0.1, -0.05) is 11.6 Å². The van der Waals surface area contributed by atoms with Gasteiger partial charge in [-0.2, -0.15) is 0 Å². The van der Waals surface area contributed by atoms with Crippen molar-refractivity contribution in [3.8, 4) is 0 Å². The Kier molecular flexibility index (Phi) is 6.70. The fourth-order valence-corrected chi connectivity index (χ4v) is 1.77. The fourth-order valence-electron chi connectivity index (χ4n) is 1.20. The highest BCUT2D eigenvalue weighted by Crippen LogP contribution is 2.13. The Bertz CT molecular complexity index is 504. The van der Waals surface area contributed by atoms with Gasteiger partial charge in [0.1, 0.15) is 15.7 Å². The van der Waals surface area contributed by atoms with E-state index in [9.17, 15) is 18.0 Å². The van der Waals surface area contributed by atoms with Gasteiger partial charge in [0.2, 0.25) is 0 Å². The number of Topliss-reactive ketones (excluding diaryl/α,β-unsaturated/α-hetero) is 1. The second-order valence-electron chi connectivity index (χ2n) is 5.40. The third-order valence-corrected chi connectivity index (χ3v) is 3.71. The van der Waals surface area contributed by atoms with E-state index < -0.39 is 31.9 Å². The van der Waals surface area contributed by atoms with Crippen molar-refractivity contribution in [2.75, 3.05) is 6.26 Å². The molecule has 0 radical (unpaired) electrons. The van der Waals surface area contributed by atoms with Gasteiger partial charge in [-0.3, -0.25) is 4.79 Å². The van der Waals surface area contributed by atoms with Gasteiger partial charge >= 0.3 is 6.09 Å². The minimum Gasteiger partial charge on any atom is -0.444 e. The molecule has 0 saturated heterocycles. The molecule has 6 nitrogen and oxygen atoms in total. The second-order valence-corrected chi connectivity index (χ2v) is 8.02. The first-order chi connectivity index (χ1) is 8.81. The second kappa shape index (κ2) is 7.08. The van der Waals surface area contributed by atoms with E-state index in [0.29, 0.717) is 0 Å². The van der Waals surface area contributed by atoms with Gasteiger partial charge < -0.3 is 10.1 Å². The lowest BCUT2D eigenvalue weighted by molar-refractivity contribution is -0.117. The maximum atomic E-state index is 11.6. The van der Waals surface area contributed by atoms with Crippen molar-refractivity contribution in [3.05, 3.63) is 10.4 Å². The first kappa shape index (κ1) is 18.9. The number of carbonyl (C=O) groups excluding carboxylic acids is 2. The van der Waals surface area contributed by atoms with Crippen LogP contribution >= 0.6 is 11.6 Å². The van der Waals surface area contributed by atoms with Crippen LogP contribution in [0.2, 0.25) is 0 Å². The fraction of sp³-hybridized carbons (Fsp3) is 0.667. The molecule has 0 aromatic heterocycles. The van der Waals surface area contributed by atoms with E-state index in [-0.39, 0.29) is 12.2 Å². The SMILES string of the molecule is CC(=O)CC(C=C(Cl)S(C)(=O)=O)NC(=O)OC(C)(C)C. The van der Waals surface area contributed by atoms with E-state index in [2.05, 4.69) is 5.32 Å². The molecule has 8 heteroatoms. The van der Waals surface area contributed by atoms with E-state index in [0.717, 1.165) is 12.3 Å². The molecule has 0 fully saturated rings. The Morgan fingerprint density at radius 2 is 1.85 bits per heavy atom. The van der Waals surface area contributed by atoms with Gasteiger partial charge in [-0.25, -0.2) is 13.2 Å². The summed E-state index contributed by atoms with van der Waals surface area (Å²) in [5, 5.41) is 2.40. The number of alkyl carbamates (subject to hydrolysis) is 1. The van der Waals surface area contributed by atoms with Crippen LogP contribution < -0.4 is 5.32 Å². The van der Waals surface area contributed by atoms with Crippen LogP contribution in [-0.2, 0) is 19.4 Å². The Balaban J connectivity index is 5.01. The molecule has 0 aromatic rings. The molecule has 0 aromatic carbocycles. The molecule has 0 aliphatic carbocycles. The van der Waals surface area contributed by atoms with Crippen LogP contribution in [0.3, 0.4) is 0 Å². The molecule has 0 aliphatic rings. The predicted octanol–water partition coefficient (Wildman–Crippen LogP) is 1.98. The van der Waals surface area contributed by atoms with E-state index in [1.807, 2.05) is 0 Å². The number of ether oxygens (including phenoxy) is 1. The Morgan fingerprint density at radius 1 is 1.35 bits per heavy atom. The van der Waals surface area contributed by atoms with Crippen molar-refractivity contribution in [1.29, 1.82) is 0 Å². The third kappa shape index (κ3) is 8.92. The highest BCUT2D eigenvalue weighted by atomic mass is 35.5. The number of carbonyl (C=O) groups is 2. The lowest BCUT2D eigenvalue weighted by atomic mass is 10.1. The molecule has 1 N–H and O–H groups in total. The largest absolute Gasteiger partial charge is 0.444 e. The molecule has 1 amide bonds. The normalized spacial score (nSPS) is 14.6. The molecular weight excluding hydrogens is 306 g/mol. The summed E-state index contributed by atoms with van der Waals surface area (Å²) in [5.74, 6) is -0.222. The van der Waals surface area contributed by atoms with Crippen molar-refractivity contribution in [3.63, 3.8) is 0 Å². The van der Waals surface area contributed by atoms with Crippen molar-refractivity contribution in [1.82, 2.24) is 5.32 Å². The van der Waals surface area contributed by atoms with Gasteiger partial charge in [-0.05, 0) is 33.8 Å². The molecular formula is C12H20ClNO5S. The first-order valence-corrected chi connectivity index (χ1v) is 8.14. The summed E-state index contributed by atoms with van der Waals surface area (Å²) in [6.07, 6.45) is 1.22. The van der Waals surface area contributed by atoms with E-state index in [1.54, 1.807) is 20.8 Å². The van der Waals surface area contributed by atoms with Gasteiger partial charge in [0.15, 0.2) is 9.84 Å². The number of ketones is 1. The molecule has 0 heterocycles. The summed E-state index contributed by atoms with van der Waals surface area (Å²) >= 11 is 5.62. The average molecular weight is 326 g/mol. The Hall–Kier alpha value is -1.08. The summed E-state index contributed by atoms with van der Waals surface area (Å²) in [6, 6.07) is -0.843. The standard InChI is InChI=1S/C12H20ClNO5S/c1-8(15)6-9(7-10(13)20(5,17)18)14-11(16)19-12(2,3)4/h7,9H,6H2,1-5H3,(H,14,16). The Morgan fingerprint density at radius 3 is 2.20 bits per heavy atom. The highest BCUT2D eigenvalue weighted by Gasteiger charge is 2.21. The first-order valence-electron chi connectivity index (χ1n) is 5.87. The molecule has 0 bridgehead atoms. The Labute approximate surface area is 124 Å². The zero-order valence-electron chi connectivity index (χ0n) is 12.2. The summed E-state index contributed by atoms with van der Waals surface area (Å²) in [5.41, 5.74) is -0.699. The average Bonchev–Trinajstić information content (AvgIpc) is 2.10. The number of amides is 1. The van der Waals surface area contributed by atoms with Gasteiger partial charge in [0.05, 0.1) is 6.04 Å². The van der Waals surface area contributed by atoms with Crippen molar-refractivity contribution in [2.45, 2.75) is 45.8 Å². The van der Waals surface area contributed by atoms with Crippen LogP contribution in [-0.4, -0.2) is 38.2 Å². The molecule has 116 valence electrons. The number of hydrogen-bond donors (Lipinski definition) is 1. The number of halogens is 1. The lowest BCUT2D eigenvalue weighted by Crippen LogP contribution is -2.39. The molecule has 0 aliphatic heterocycles. The van der Waals surface area contributed by atoms with Gasteiger partial charge in [0.25, 0.3) is 0 Å². The molecule has 0 saturated carbocycles. The zero-order valence-corrected chi connectivity index (χ0v) is 13.8. The zero-order chi connectivity index (χ0) is 16.1. The number of sulfone groups is 1. The van der Waals surface area contributed by atoms with Crippen LogP contribution in [0.15, 0.2) is 10.4 Å². The lowest BCUT2D eigenvalue weighted by Gasteiger charge is -2.22. The van der Waals surface area contributed by atoms with Gasteiger partial charge in [0, 0.05) is 12.7 Å². The molecule has 1 atom stereocenters. The summed E-state index contributed by atoms with van der Waals surface area (Å²) in [6.45, 7) is 6.38. The van der Waals surface area contributed by atoms with Crippen molar-refractivity contribution < 1.29 is 22.7 Å². The smallest absolute Gasteiger partial charge is 0.408 e. The number of hydrogen-bond acceptors (Lipinski definition) is 5. The van der Waals surface area contributed by atoms with Crippen LogP contribution in [0.5, 0.6) is 0 Å². The third-order valence-electron chi connectivity index (χ3n) is 1.90. The monoisotopic (exact) mass is 325 g/mol. The maximum Gasteiger partial charge on any atom is 0.408 e. The van der Waals surface area contributed by atoms with E-state index >= 15 is 0 Å². The molecule has 1 unspecified atom stereocenters. The van der Waals surface area contributed by atoms with Crippen molar-refractivity contribution >= 4 is 33.3 Å². The maximum absolute atomic E-state index is 11.6. The summed E-state index contributed by atoms with van der Waals surface area (Å²) in [4.78, 5) is 22.8. The molecule has 0 spiro atoms. The van der Waals surface area contributed by atoms with Gasteiger partial charge in [-0.15, -0.1) is 0 Å². The summed E-state index contributed by atoms with van der Waals surface area (Å²) < 4.78 is 27.1. The topological polar surface area (TPSA) is 89.5 Å². The minimum absolute atomic E-state index is 0.0784. The van der Waals surface area contributed by atoms with Crippen LogP contribution in [0.1, 0.15) is 34.1 Å². The minimum atomic E-state index is -3.58.